The third kappa shape index (κ3) is 3.88. The normalized spacial score (nSPS) is 10.6. The molecule has 0 spiro atoms. The molecule has 2 aromatic heterocycles. The molecule has 0 aliphatic rings. The van der Waals surface area contributed by atoms with E-state index in [0.717, 1.165) is 16.8 Å². The minimum absolute atomic E-state index is 0.0741. The first-order valence-electron chi connectivity index (χ1n) is 8.32. The van der Waals surface area contributed by atoms with Gasteiger partial charge in [-0.15, -0.1) is 0 Å². The van der Waals surface area contributed by atoms with Crippen molar-refractivity contribution in [3.8, 4) is 0 Å². The summed E-state index contributed by atoms with van der Waals surface area (Å²) in [5.41, 5.74) is 4.90. The van der Waals surface area contributed by atoms with Crippen molar-refractivity contribution in [2.24, 2.45) is 0 Å². The third-order valence-corrected chi connectivity index (χ3v) is 4.25. The second-order valence-electron chi connectivity index (χ2n) is 6.15. The zero-order valence-corrected chi connectivity index (χ0v) is 15.1. The largest absolute Gasteiger partial charge is 0.381 e. The van der Waals surface area contributed by atoms with Crippen molar-refractivity contribution in [3.05, 3.63) is 70.8 Å². The molecule has 0 aliphatic heterocycles. The van der Waals surface area contributed by atoms with Crippen LogP contribution in [0.4, 0.5) is 5.69 Å². The summed E-state index contributed by atoms with van der Waals surface area (Å²) in [5.74, 6) is -0.0741. The zero-order valence-electron chi connectivity index (χ0n) is 15.1. The maximum atomic E-state index is 12.8. The fourth-order valence-electron chi connectivity index (χ4n) is 2.65. The number of benzene rings is 1. The molecule has 3 rings (SSSR count). The number of hydrogen-bond donors (Lipinski definition) is 1. The van der Waals surface area contributed by atoms with Crippen molar-refractivity contribution in [1.82, 2.24) is 20.2 Å². The predicted molar refractivity (Wildman–Crippen MR) is 97.6 cm³/mol. The number of hydrogen-bond acceptors (Lipinski definition) is 6. The van der Waals surface area contributed by atoms with Gasteiger partial charge in [-0.3, -0.25) is 9.78 Å². The lowest BCUT2D eigenvalue weighted by molar-refractivity contribution is 0.0781. The molecule has 0 atom stereocenters. The van der Waals surface area contributed by atoms with Crippen LogP contribution in [-0.2, 0) is 13.1 Å². The average molecular weight is 351 g/mol. The summed E-state index contributed by atoms with van der Waals surface area (Å²) in [6.07, 6.45) is 3.56. The van der Waals surface area contributed by atoms with E-state index in [1.165, 1.54) is 0 Å². The molecular formula is C19H21N5O2. The first kappa shape index (κ1) is 17.6. The van der Waals surface area contributed by atoms with Gasteiger partial charge in [0, 0.05) is 37.2 Å². The minimum atomic E-state index is -0.0741. The highest BCUT2D eigenvalue weighted by Crippen LogP contribution is 2.21. The smallest absolute Gasteiger partial charge is 0.254 e. The highest BCUT2D eigenvalue weighted by molar-refractivity contribution is 5.96. The first-order valence-corrected chi connectivity index (χ1v) is 8.32. The molecule has 0 aliphatic carbocycles. The van der Waals surface area contributed by atoms with Gasteiger partial charge in [-0.2, -0.15) is 0 Å². The number of pyridine rings is 1. The lowest BCUT2D eigenvalue weighted by atomic mass is 10.0. The summed E-state index contributed by atoms with van der Waals surface area (Å²) in [4.78, 5) is 18.6. The van der Waals surface area contributed by atoms with Gasteiger partial charge in [-0.25, -0.2) is 4.63 Å². The molecule has 0 saturated heterocycles. The van der Waals surface area contributed by atoms with E-state index in [1.54, 1.807) is 25.1 Å². The van der Waals surface area contributed by atoms with E-state index in [2.05, 4.69) is 20.6 Å². The summed E-state index contributed by atoms with van der Waals surface area (Å²) >= 11 is 0. The Morgan fingerprint density at radius 3 is 2.73 bits per heavy atom. The minimum Gasteiger partial charge on any atom is -0.381 e. The van der Waals surface area contributed by atoms with Crippen molar-refractivity contribution in [1.29, 1.82) is 0 Å². The molecule has 26 heavy (non-hydrogen) atoms. The van der Waals surface area contributed by atoms with Crippen molar-refractivity contribution >= 4 is 11.6 Å². The van der Waals surface area contributed by atoms with Gasteiger partial charge in [0.25, 0.3) is 5.91 Å². The zero-order chi connectivity index (χ0) is 18.5. The molecule has 0 bridgehead atoms. The van der Waals surface area contributed by atoms with Crippen LogP contribution in [0, 0.1) is 13.8 Å². The van der Waals surface area contributed by atoms with Crippen LogP contribution in [-0.4, -0.2) is 33.2 Å². The van der Waals surface area contributed by atoms with E-state index in [-0.39, 0.29) is 5.91 Å². The number of rotatable bonds is 6. The average Bonchev–Trinajstić information content (AvgIpc) is 3.06. The van der Waals surface area contributed by atoms with Crippen LogP contribution >= 0.6 is 0 Å². The fraction of sp³-hybridized carbons (Fsp3) is 0.263. The molecule has 7 nitrogen and oxygen atoms in total. The Bertz CT molecular complexity index is 892. The predicted octanol–water partition coefficient (Wildman–Crippen LogP) is 2.97. The number of carbonyl (C=O) groups excluding carboxylic acids is 1. The van der Waals surface area contributed by atoms with Gasteiger partial charge < -0.3 is 10.2 Å². The summed E-state index contributed by atoms with van der Waals surface area (Å²) in [6.45, 7) is 4.74. The number of nitrogens with zero attached hydrogens (tertiary/aromatic N) is 4. The molecule has 0 radical (unpaired) electrons. The Kier molecular flexibility index (Phi) is 5.26. The molecular weight excluding hydrogens is 330 g/mol. The number of carbonyl (C=O) groups is 1. The molecule has 0 fully saturated rings. The fourth-order valence-corrected chi connectivity index (χ4v) is 2.65. The summed E-state index contributed by atoms with van der Waals surface area (Å²) in [7, 11) is 1.74. The summed E-state index contributed by atoms with van der Waals surface area (Å²) in [5, 5.41) is 11.0. The summed E-state index contributed by atoms with van der Waals surface area (Å²) < 4.78 is 4.70. The lowest BCUT2D eigenvalue weighted by Crippen LogP contribution is -2.27. The van der Waals surface area contributed by atoms with Gasteiger partial charge in [-0.1, -0.05) is 22.4 Å². The molecule has 1 amide bonds. The van der Waals surface area contributed by atoms with Crippen molar-refractivity contribution in [3.63, 3.8) is 0 Å². The van der Waals surface area contributed by atoms with Crippen LogP contribution in [0.25, 0.3) is 0 Å². The molecule has 1 N–H and O–H groups in total. The Balaban J connectivity index is 1.73. The summed E-state index contributed by atoms with van der Waals surface area (Å²) in [6, 6.07) is 9.58. The number of aryl methyl sites for hydroxylation is 1. The van der Waals surface area contributed by atoms with E-state index in [4.69, 9.17) is 4.63 Å². The first-order chi connectivity index (χ1) is 12.6. The van der Waals surface area contributed by atoms with Gasteiger partial charge >= 0.3 is 0 Å². The SMILES string of the molecule is Cc1nonc1CN(C)C(=O)c1cccc(NCc2cccnc2)c1C. The van der Waals surface area contributed by atoms with E-state index in [0.29, 0.717) is 30.0 Å². The van der Waals surface area contributed by atoms with Crippen LogP contribution in [0.2, 0.25) is 0 Å². The van der Waals surface area contributed by atoms with Gasteiger partial charge in [0.05, 0.1) is 6.54 Å². The Hall–Kier alpha value is -3.22. The van der Waals surface area contributed by atoms with Gasteiger partial charge in [0.2, 0.25) is 0 Å². The van der Waals surface area contributed by atoms with Crippen molar-refractivity contribution < 1.29 is 9.42 Å². The molecule has 2 heterocycles. The van der Waals surface area contributed by atoms with E-state index < -0.39 is 0 Å². The molecule has 0 unspecified atom stereocenters. The van der Waals surface area contributed by atoms with Crippen molar-refractivity contribution in [2.75, 3.05) is 12.4 Å². The van der Waals surface area contributed by atoms with E-state index >= 15 is 0 Å². The van der Waals surface area contributed by atoms with Crippen LogP contribution in [0.3, 0.4) is 0 Å². The molecule has 134 valence electrons. The highest BCUT2D eigenvalue weighted by Gasteiger charge is 2.18. The molecule has 3 aromatic rings. The van der Waals surface area contributed by atoms with E-state index in [9.17, 15) is 4.79 Å². The van der Waals surface area contributed by atoms with Gasteiger partial charge in [0.15, 0.2) is 0 Å². The maximum absolute atomic E-state index is 12.8. The van der Waals surface area contributed by atoms with Crippen LogP contribution in [0.5, 0.6) is 0 Å². The Labute approximate surface area is 152 Å². The Morgan fingerprint density at radius 2 is 2.04 bits per heavy atom. The monoisotopic (exact) mass is 351 g/mol. The van der Waals surface area contributed by atoms with Crippen molar-refractivity contribution in [2.45, 2.75) is 26.9 Å². The second kappa shape index (κ2) is 7.77. The second-order valence-corrected chi connectivity index (χ2v) is 6.15. The lowest BCUT2D eigenvalue weighted by Gasteiger charge is -2.19. The number of nitrogens with one attached hydrogen (secondary N) is 1. The molecule has 0 saturated carbocycles. The van der Waals surface area contributed by atoms with Crippen LogP contribution < -0.4 is 5.32 Å². The topological polar surface area (TPSA) is 84.2 Å². The number of amides is 1. The Morgan fingerprint density at radius 1 is 1.19 bits per heavy atom. The standard InChI is InChI=1S/C19H21N5O2/c1-13-16(19(25)24(3)12-18-14(2)22-26-23-18)7-4-8-17(13)21-11-15-6-5-9-20-10-15/h4-10,21H,11-12H2,1-3H3. The van der Waals surface area contributed by atoms with Crippen LogP contribution in [0.15, 0.2) is 47.4 Å². The number of anilines is 1. The van der Waals surface area contributed by atoms with Crippen LogP contribution in [0.1, 0.15) is 32.9 Å². The van der Waals surface area contributed by atoms with Gasteiger partial charge in [0.1, 0.15) is 11.4 Å². The highest BCUT2D eigenvalue weighted by atomic mass is 16.6. The molecule has 7 heteroatoms. The van der Waals surface area contributed by atoms with E-state index in [1.807, 2.05) is 43.5 Å². The quantitative estimate of drug-likeness (QED) is 0.735. The third-order valence-electron chi connectivity index (χ3n) is 4.25. The molecule has 1 aromatic carbocycles. The maximum Gasteiger partial charge on any atom is 0.254 e. The number of aromatic nitrogens is 3. The van der Waals surface area contributed by atoms with Gasteiger partial charge in [-0.05, 0) is 43.2 Å².